The van der Waals surface area contributed by atoms with Crippen LogP contribution in [0.2, 0.25) is 0 Å². The molecule has 0 spiro atoms. The molecule has 1 aliphatic rings. The van der Waals surface area contributed by atoms with Gasteiger partial charge in [-0.3, -0.25) is 4.79 Å². The van der Waals surface area contributed by atoms with Crippen LogP contribution in [0.4, 0.5) is 0 Å². The number of methoxy groups -OCH3 is 1. The third-order valence-electron chi connectivity index (χ3n) is 1.98. The molecule has 1 heterocycles. The molecule has 64 valence electrons. The zero-order valence-electron chi connectivity index (χ0n) is 6.69. The Hall–Kier alpha value is -0.0900. The second kappa shape index (κ2) is 3.11. The van der Waals surface area contributed by atoms with Crippen molar-refractivity contribution < 1.29 is 9.53 Å². The largest absolute Gasteiger partial charge is 0.468 e. The van der Waals surface area contributed by atoms with Crippen LogP contribution in [0.15, 0.2) is 0 Å². The summed E-state index contributed by atoms with van der Waals surface area (Å²) in [6.07, 6.45) is 0.791. The van der Waals surface area contributed by atoms with Gasteiger partial charge in [0.1, 0.15) is 5.54 Å². The summed E-state index contributed by atoms with van der Waals surface area (Å²) in [5.74, 6) is -0.181. The molecule has 0 aromatic carbocycles. The van der Waals surface area contributed by atoms with Crippen LogP contribution in [0.25, 0.3) is 0 Å². The van der Waals surface area contributed by atoms with E-state index in [1.807, 2.05) is 6.92 Å². The summed E-state index contributed by atoms with van der Waals surface area (Å²) in [6.45, 7) is 2.69. The molecule has 2 unspecified atom stereocenters. The smallest absolute Gasteiger partial charge is 0.325 e. The lowest BCUT2D eigenvalue weighted by molar-refractivity contribution is -0.147. The van der Waals surface area contributed by atoms with Crippen molar-refractivity contribution in [1.82, 2.24) is 5.32 Å². The van der Waals surface area contributed by atoms with Crippen LogP contribution in [-0.2, 0) is 9.53 Å². The maximum Gasteiger partial charge on any atom is 0.325 e. The molecule has 0 bridgehead atoms. The van der Waals surface area contributed by atoms with Crippen LogP contribution in [0, 0.1) is 0 Å². The van der Waals surface area contributed by atoms with E-state index in [2.05, 4.69) is 26.0 Å². The molecule has 0 amide bonds. The molecule has 2 atom stereocenters. The van der Waals surface area contributed by atoms with Gasteiger partial charge in [0.15, 0.2) is 0 Å². The van der Waals surface area contributed by atoms with Crippen LogP contribution in [0.1, 0.15) is 13.3 Å². The minimum atomic E-state index is -0.483. The van der Waals surface area contributed by atoms with Crippen molar-refractivity contribution in [3.63, 3.8) is 0 Å². The number of esters is 1. The van der Waals surface area contributed by atoms with Crippen molar-refractivity contribution >= 4 is 21.9 Å². The summed E-state index contributed by atoms with van der Waals surface area (Å²) in [6, 6.07) is 0. The summed E-state index contributed by atoms with van der Waals surface area (Å²) in [5, 5.41) is 3.11. The molecule has 11 heavy (non-hydrogen) atoms. The zero-order chi connectivity index (χ0) is 8.48. The van der Waals surface area contributed by atoms with Crippen molar-refractivity contribution in [3.05, 3.63) is 0 Å². The number of carbonyl (C=O) groups is 1. The highest BCUT2D eigenvalue weighted by atomic mass is 79.9. The van der Waals surface area contributed by atoms with Gasteiger partial charge in [0.05, 0.1) is 7.11 Å². The molecule has 0 aliphatic carbocycles. The lowest BCUT2D eigenvalue weighted by Crippen LogP contribution is -2.45. The number of nitrogens with one attached hydrogen (secondary N) is 1. The summed E-state index contributed by atoms with van der Waals surface area (Å²) in [7, 11) is 1.41. The molecule has 0 saturated carbocycles. The lowest BCUT2D eigenvalue weighted by Gasteiger charge is -2.20. The second-order valence-corrected chi connectivity index (χ2v) is 4.30. The van der Waals surface area contributed by atoms with Gasteiger partial charge in [-0.2, -0.15) is 0 Å². The van der Waals surface area contributed by atoms with Gasteiger partial charge in [-0.05, 0) is 13.3 Å². The first-order chi connectivity index (χ1) is 5.08. The number of halogens is 1. The normalized spacial score (nSPS) is 37.2. The highest BCUT2D eigenvalue weighted by Crippen LogP contribution is 2.24. The van der Waals surface area contributed by atoms with Crippen molar-refractivity contribution in [3.8, 4) is 0 Å². The predicted octanol–water partition coefficient (Wildman–Crippen LogP) is 0.675. The Bertz CT molecular complexity index is 174. The number of carbonyl (C=O) groups excluding carboxylic acids is 1. The molecule has 0 aromatic rings. The first-order valence-electron chi connectivity index (χ1n) is 3.56. The van der Waals surface area contributed by atoms with Gasteiger partial charge in [-0.1, -0.05) is 15.9 Å². The van der Waals surface area contributed by atoms with Crippen molar-refractivity contribution in [2.24, 2.45) is 0 Å². The molecular formula is C7H12BrNO2. The quantitative estimate of drug-likeness (QED) is 0.523. The highest BCUT2D eigenvalue weighted by molar-refractivity contribution is 9.09. The fraction of sp³-hybridized carbons (Fsp3) is 0.857. The monoisotopic (exact) mass is 221 g/mol. The van der Waals surface area contributed by atoms with Crippen molar-refractivity contribution in [2.75, 3.05) is 13.7 Å². The Labute approximate surface area is 74.6 Å². The Balaban J connectivity index is 2.61. The minimum absolute atomic E-state index is 0.181. The second-order valence-electron chi connectivity index (χ2n) is 3.01. The molecule has 3 nitrogen and oxygen atoms in total. The summed E-state index contributed by atoms with van der Waals surface area (Å²) >= 11 is 3.44. The summed E-state index contributed by atoms with van der Waals surface area (Å²) in [5.41, 5.74) is -0.483. The fourth-order valence-corrected chi connectivity index (χ4v) is 2.11. The third-order valence-corrected chi connectivity index (χ3v) is 2.63. The average Bonchev–Trinajstić information content (AvgIpc) is 2.31. The fourth-order valence-electron chi connectivity index (χ4n) is 1.30. The number of alkyl halides is 1. The van der Waals surface area contributed by atoms with E-state index in [1.54, 1.807) is 0 Å². The first kappa shape index (κ1) is 9.00. The Morgan fingerprint density at radius 3 is 2.82 bits per heavy atom. The SMILES string of the molecule is COC(=O)C1(C)CC(Br)CN1. The molecule has 1 saturated heterocycles. The van der Waals surface area contributed by atoms with Crippen LogP contribution >= 0.6 is 15.9 Å². The molecule has 4 heteroatoms. The molecule has 0 radical (unpaired) electrons. The van der Waals surface area contributed by atoms with Crippen LogP contribution in [0.5, 0.6) is 0 Å². The van der Waals surface area contributed by atoms with Gasteiger partial charge in [-0.15, -0.1) is 0 Å². The Morgan fingerprint density at radius 2 is 2.45 bits per heavy atom. The van der Waals surface area contributed by atoms with Crippen molar-refractivity contribution in [2.45, 2.75) is 23.7 Å². The maximum atomic E-state index is 11.2. The van der Waals surface area contributed by atoms with E-state index >= 15 is 0 Å². The lowest BCUT2D eigenvalue weighted by atomic mass is 10.0. The van der Waals surface area contributed by atoms with Gasteiger partial charge in [0, 0.05) is 11.4 Å². The van der Waals surface area contributed by atoms with Gasteiger partial charge < -0.3 is 10.1 Å². The van der Waals surface area contributed by atoms with Crippen LogP contribution in [-0.4, -0.2) is 30.0 Å². The maximum absolute atomic E-state index is 11.2. The van der Waals surface area contributed by atoms with E-state index in [1.165, 1.54) is 7.11 Å². The summed E-state index contributed by atoms with van der Waals surface area (Å²) < 4.78 is 4.66. The van der Waals surface area contributed by atoms with Gasteiger partial charge >= 0.3 is 5.97 Å². The van der Waals surface area contributed by atoms with E-state index in [-0.39, 0.29) is 5.97 Å². The van der Waals surface area contributed by atoms with Crippen LogP contribution in [0.3, 0.4) is 0 Å². The van der Waals surface area contributed by atoms with E-state index in [0.717, 1.165) is 13.0 Å². The van der Waals surface area contributed by atoms with E-state index < -0.39 is 5.54 Å². The van der Waals surface area contributed by atoms with Crippen molar-refractivity contribution in [1.29, 1.82) is 0 Å². The van der Waals surface area contributed by atoms with Gasteiger partial charge in [-0.25, -0.2) is 0 Å². The van der Waals surface area contributed by atoms with Gasteiger partial charge in [0.25, 0.3) is 0 Å². The average molecular weight is 222 g/mol. The number of ether oxygens (including phenoxy) is 1. The van der Waals surface area contributed by atoms with Crippen LogP contribution < -0.4 is 5.32 Å². The number of hydrogen-bond donors (Lipinski definition) is 1. The standard InChI is InChI=1S/C7H12BrNO2/c1-7(6(10)11-2)3-5(8)4-9-7/h5,9H,3-4H2,1-2H3. The Morgan fingerprint density at radius 1 is 1.82 bits per heavy atom. The molecular weight excluding hydrogens is 210 g/mol. The molecule has 1 N–H and O–H groups in total. The van der Waals surface area contributed by atoms with E-state index in [0.29, 0.717) is 4.83 Å². The first-order valence-corrected chi connectivity index (χ1v) is 4.47. The molecule has 1 fully saturated rings. The summed E-state index contributed by atoms with van der Waals surface area (Å²) in [4.78, 5) is 11.6. The van der Waals surface area contributed by atoms with E-state index in [9.17, 15) is 4.79 Å². The van der Waals surface area contributed by atoms with E-state index in [4.69, 9.17) is 0 Å². The van der Waals surface area contributed by atoms with Gasteiger partial charge in [0.2, 0.25) is 0 Å². The minimum Gasteiger partial charge on any atom is -0.468 e. The highest BCUT2D eigenvalue weighted by Gasteiger charge is 2.40. The topological polar surface area (TPSA) is 38.3 Å². The third kappa shape index (κ3) is 1.73. The predicted molar refractivity (Wildman–Crippen MR) is 45.8 cm³/mol. The molecule has 1 aliphatic heterocycles. The Kier molecular flexibility index (Phi) is 2.54. The zero-order valence-corrected chi connectivity index (χ0v) is 8.27. The number of hydrogen-bond acceptors (Lipinski definition) is 3. The number of rotatable bonds is 1. The molecule has 0 aromatic heterocycles. The molecule has 1 rings (SSSR count).